The SMILES string of the molecule is O=C(Cn1nc(C(F)(F)F)c2c1CCC2)NCc1ccc2c(c1)CCCO2. The van der Waals surface area contributed by atoms with E-state index in [1.54, 1.807) is 0 Å². The Bertz CT molecular complexity index is 874. The Morgan fingerprint density at radius 3 is 2.89 bits per heavy atom. The largest absolute Gasteiger partial charge is 0.493 e. The number of nitrogens with zero attached hydrogens (tertiary/aromatic N) is 2. The zero-order chi connectivity index (χ0) is 19.0. The van der Waals surface area contributed by atoms with Crippen molar-refractivity contribution in [2.24, 2.45) is 0 Å². The van der Waals surface area contributed by atoms with Crippen LogP contribution in [0.1, 0.15) is 40.9 Å². The van der Waals surface area contributed by atoms with E-state index in [1.165, 1.54) is 4.68 Å². The third-order valence-electron chi connectivity index (χ3n) is 5.03. The number of hydrogen-bond donors (Lipinski definition) is 1. The molecule has 4 rings (SSSR count). The molecule has 0 saturated carbocycles. The minimum Gasteiger partial charge on any atom is -0.493 e. The first-order valence-corrected chi connectivity index (χ1v) is 9.09. The van der Waals surface area contributed by atoms with Crippen LogP contribution >= 0.6 is 0 Å². The summed E-state index contributed by atoms with van der Waals surface area (Å²) in [4.78, 5) is 12.3. The number of nitrogens with one attached hydrogen (secondary N) is 1. The molecule has 1 N–H and O–H groups in total. The second-order valence-corrected chi connectivity index (χ2v) is 6.95. The maximum absolute atomic E-state index is 13.1. The topological polar surface area (TPSA) is 56.2 Å². The van der Waals surface area contributed by atoms with Gasteiger partial charge in [-0.15, -0.1) is 0 Å². The number of carbonyl (C=O) groups is 1. The zero-order valence-corrected chi connectivity index (χ0v) is 14.7. The highest BCUT2D eigenvalue weighted by Gasteiger charge is 2.40. The first-order chi connectivity index (χ1) is 12.9. The van der Waals surface area contributed by atoms with Crippen molar-refractivity contribution in [3.63, 3.8) is 0 Å². The fourth-order valence-electron chi connectivity index (χ4n) is 3.78. The van der Waals surface area contributed by atoms with Gasteiger partial charge < -0.3 is 10.1 Å². The number of carbonyl (C=O) groups excluding carboxylic acids is 1. The lowest BCUT2D eigenvalue weighted by Crippen LogP contribution is -2.28. The molecule has 144 valence electrons. The summed E-state index contributed by atoms with van der Waals surface area (Å²) in [6, 6.07) is 5.78. The molecule has 1 aliphatic carbocycles. The van der Waals surface area contributed by atoms with Crippen LogP contribution in [0.4, 0.5) is 13.2 Å². The van der Waals surface area contributed by atoms with E-state index in [2.05, 4.69) is 10.4 Å². The number of hydrogen-bond acceptors (Lipinski definition) is 3. The van der Waals surface area contributed by atoms with E-state index in [0.29, 0.717) is 31.5 Å². The molecule has 0 fully saturated rings. The van der Waals surface area contributed by atoms with E-state index < -0.39 is 11.9 Å². The summed E-state index contributed by atoms with van der Waals surface area (Å²) in [6.45, 7) is 0.839. The highest BCUT2D eigenvalue weighted by atomic mass is 19.4. The number of benzene rings is 1. The fraction of sp³-hybridized carbons (Fsp3) is 0.474. The molecular weight excluding hydrogens is 359 g/mol. The van der Waals surface area contributed by atoms with E-state index in [-0.39, 0.29) is 18.0 Å². The first kappa shape index (κ1) is 17.9. The quantitative estimate of drug-likeness (QED) is 0.889. The molecule has 1 amide bonds. The molecule has 0 spiro atoms. The molecule has 0 saturated heterocycles. The molecule has 0 bridgehead atoms. The van der Waals surface area contributed by atoms with Crippen molar-refractivity contribution in [3.05, 3.63) is 46.3 Å². The van der Waals surface area contributed by atoms with E-state index in [4.69, 9.17) is 4.74 Å². The average molecular weight is 379 g/mol. The number of aryl methyl sites for hydroxylation is 1. The Hall–Kier alpha value is -2.51. The van der Waals surface area contributed by atoms with Crippen molar-refractivity contribution in [3.8, 4) is 5.75 Å². The Labute approximate surface area is 154 Å². The lowest BCUT2D eigenvalue weighted by Gasteiger charge is -2.18. The van der Waals surface area contributed by atoms with Gasteiger partial charge in [-0.05, 0) is 49.3 Å². The van der Waals surface area contributed by atoms with Gasteiger partial charge in [0.15, 0.2) is 5.69 Å². The summed E-state index contributed by atoms with van der Waals surface area (Å²) < 4.78 is 46.1. The van der Waals surface area contributed by atoms with Crippen molar-refractivity contribution in [1.82, 2.24) is 15.1 Å². The van der Waals surface area contributed by atoms with Crippen LogP contribution in [0.15, 0.2) is 18.2 Å². The molecule has 8 heteroatoms. The summed E-state index contributed by atoms with van der Waals surface area (Å²) in [6.07, 6.45) is -1.03. The van der Waals surface area contributed by atoms with Gasteiger partial charge in [-0.3, -0.25) is 9.48 Å². The number of fused-ring (bicyclic) bond motifs is 2. The molecule has 1 aromatic heterocycles. The molecule has 2 aromatic rings. The van der Waals surface area contributed by atoms with Crippen molar-refractivity contribution in [2.45, 2.75) is 51.4 Å². The predicted molar refractivity (Wildman–Crippen MR) is 91.4 cm³/mol. The number of halogens is 3. The van der Waals surface area contributed by atoms with Crippen LogP contribution in [0.3, 0.4) is 0 Å². The number of aromatic nitrogens is 2. The van der Waals surface area contributed by atoms with Crippen LogP contribution in [0.5, 0.6) is 5.75 Å². The third kappa shape index (κ3) is 3.65. The van der Waals surface area contributed by atoms with E-state index in [0.717, 1.165) is 36.3 Å². The highest BCUT2D eigenvalue weighted by molar-refractivity contribution is 5.75. The van der Waals surface area contributed by atoms with Crippen molar-refractivity contribution >= 4 is 5.91 Å². The second-order valence-electron chi connectivity index (χ2n) is 6.95. The minimum atomic E-state index is -4.48. The first-order valence-electron chi connectivity index (χ1n) is 9.09. The molecule has 2 heterocycles. The van der Waals surface area contributed by atoms with Crippen LogP contribution in [-0.4, -0.2) is 22.3 Å². The van der Waals surface area contributed by atoms with Crippen LogP contribution in [0, 0.1) is 0 Å². The van der Waals surface area contributed by atoms with Gasteiger partial charge in [0, 0.05) is 17.8 Å². The van der Waals surface area contributed by atoms with Crippen LogP contribution in [-0.2, 0) is 43.3 Å². The highest BCUT2D eigenvalue weighted by Crippen LogP contribution is 2.36. The third-order valence-corrected chi connectivity index (χ3v) is 5.03. The monoisotopic (exact) mass is 379 g/mol. The minimum absolute atomic E-state index is 0.202. The van der Waals surface area contributed by atoms with Crippen LogP contribution in [0.25, 0.3) is 0 Å². The Morgan fingerprint density at radius 1 is 1.22 bits per heavy atom. The summed E-state index contributed by atoms with van der Waals surface area (Å²) >= 11 is 0. The molecule has 2 aliphatic rings. The Morgan fingerprint density at radius 2 is 2.07 bits per heavy atom. The van der Waals surface area contributed by atoms with Gasteiger partial charge in [-0.2, -0.15) is 18.3 Å². The number of ether oxygens (including phenoxy) is 1. The maximum Gasteiger partial charge on any atom is 0.435 e. The summed E-state index contributed by atoms with van der Waals surface area (Å²) in [7, 11) is 0. The molecule has 5 nitrogen and oxygen atoms in total. The predicted octanol–water partition coefficient (Wildman–Crippen LogP) is 3.03. The number of rotatable bonds is 4. The molecule has 1 aromatic carbocycles. The molecule has 0 unspecified atom stereocenters. The average Bonchev–Trinajstić information content (AvgIpc) is 3.23. The molecule has 27 heavy (non-hydrogen) atoms. The smallest absolute Gasteiger partial charge is 0.435 e. The molecule has 1 aliphatic heterocycles. The van der Waals surface area contributed by atoms with Gasteiger partial charge in [-0.25, -0.2) is 0 Å². The second kappa shape index (κ2) is 6.90. The molecular formula is C19H20F3N3O2. The van der Waals surface area contributed by atoms with Crippen molar-refractivity contribution in [2.75, 3.05) is 6.61 Å². The van der Waals surface area contributed by atoms with Gasteiger partial charge in [0.05, 0.1) is 6.61 Å². The summed E-state index contributed by atoms with van der Waals surface area (Å²) in [5.74, 6) is 0.526. The molecule has 0 atom stereocenters. The van der Waals surface area contributed by atoms with E-state index in [1.807, 2.05) is 18.2 Å². The van der Waals surface area contributed by atoms with E-state index >= 15 is 0 Å². The van der Waals surface area contributed by atoms with Gasteiger partial charge >= 0.3 is 6.18 Å². The standard InChI is InChI=1S/C19H20F3N3O2/c20-19(21,22)18-14-4-1-5-15(14)25(24-18)11-17(26)23-10-12-6-7-16-13(9-12)3-2-8-27-16/h6-7,9H,1-5,8,10-11H2,(H,23,26). The van der Waals surface area contributed by atoms with Crippen molar-refractivity contribution in [1.29, 1.82) is 0 Å². The van der Waals surface area contributed by atoms with Crippen LogP contribution in [0.2, 0.25) is 0 Å². The van der Waals surface area contributed by atoms with Crippen LogP contribution < -0.4 is 10.1 Å². The number of alkyl halides is 3. The van der Waals surface area contributed by atoms with Gasteiger partial charge in [0.25, 0.3) is 0 Å². The zero-order valence-electron chi connectivity index (χ0n) is 14.7. The summed E-state index contributed by atoms with van der Waals surface area (Å²) in [5, 5.41) is 6.44. The maximum atomic E-state index is 13.1. The van der Waals surface area contributed by atoms with Crippen molar-refractivity contribution < 1.29 is 22.7 Å². The Kier molecular flexibility index (Phi) is 4.57. The Balaban J connectivity index is 1.42. The fourth-order valence-corrected chi connectivity index (χ4v) is 3.78. The number of amides is 1. The van der Waals surface area contributed by atoms with Gasteiger partial charge in [0.1, 0.15) is 12.3 Å². The molecule has 0 radical (unpaired) electrons. The normalized spacial score (nSPS) is 15.8. The lowest BCUT2D eigenvalue weighted by atomic mass is 10.0. The summed E-state index contributed by atoms with van der Waals surface area (Å²) in [5.41, 5.74) is 1.98. The van der Waals surface area contributed by atoms with Gasteiger partial charge in [0.2, 0.25) is 5.91 Å². The van der Waals surface area contributed by atoms with E-state index in [9.17, 15) is 18.0 Å². The lowest BCUT2D eigenvalue weighted by molar-refractivity contribution is -0.142. The van der Waals surface area contributed by atoms with Gasteiger partial charge in [-0.1, -0.05) is 12.1 Å².